The molecule has 1 N–H and O–H groups in total. The van der Waals surface area contributed by atoms with Crippen molar-refractivity contribution in [2.75, 3.05) is 7.11 Å². The van der Waals surface area contributed by atoms with E-state index in [1.54, 1.807) is 60.7 Å². The summed E-state index contributed by atoms with van der Waals surface area (Å²) >= 11 is 4.55. The minimum atomic E-state index is -0.436. The first kappa shape index (κ1) is 23.7. The Bertz CT molecular complexity index is 1310. The van der Waals surface area contributed by atoms with E-state index in [0.717, 1.165) is 11.8 Å². The van der Waals surface area contributed by atoms with Gasteiger partial charge < -0.3 is 14.8 Å². The zero-order valence-electron chi connectivity index (χ0n) is 17.9. The maximum absolute atomic E-state index is 13.4. The standard InChI is InChI=1S/C25H18BrFN2O4S/c1-32-20-12-16(11-19(26)22(20)33-14-15-6-5-9-18(27)10-15)13-21-24(31)29-25(34-21)28-23(30)17-7-3-2-4-8-17/h2-13H,14H2,1H3,(H,28,29,30,31)/b21-13-. The molecule has 0 atom stereocenters. The number of carbonyl (C=O) groups excluding carboxylic acids is 2. The monoisotopic (exact) mass is 540 g/mol. The highest BCUT2D eigenvalue weighted by Gasteiger charge is 2.25. The second-order valence-corrected chi connectivity index (χ2v) is 8.99. The number of nitrogens with zero attached hydrogens (tertiary/aromatic N) is 1. The number of benzene rings is 3. The van der Waals surface area contributed by atoms with E-state index in [4.69, 9.17) is 9.47 Å². The molecule has 1 aliphatic heterocycles. The fraction of sp³-hybridized carbons (Fsp3) is 0.0800. The maximum atomic E-state index is 13.4. The molecule has 4 rings (SSSR count). The minimum absolute atomic E-state index is 0.153. The number of nitrogens with one attached hydrogen (secondary N) is 1. The van der Waals surface area contributed by atoms with E-state index in [1.807, 2.05) is 0 Å². The first-order chi connectivity index (χ1) is 16.4. The molecule has 3 aromatic carbocycles. The van der Waals surface area contributed by atoms with Gasteiger partial charge in [-0.25, -0.2) is 4.39 Å². The van der Waals surface area contributed by atoms with Crippen molar-refractivity contribution in [2.45, 2.75) is 6.61 Å². The third kappa shape index (κ3) is 5.73. The van der Waals surface area contributed by atoms with Gasteiger partial charge in [0.2, 0.25) is 0 Å². The molecule has 1 saturated heterocycles. The summed E-state index contributed by atoms with van der Waals surface area (Å²) in [5.74, 6) is -0.239. The Morgan fingerprint density at radius 2 is 1.94 bits per heavy atom. The lowest BCUT2D eigenvalue weighted by Crippen LogP contribution is -2.20. The molecule has 1 heterocycles. The van der Waals surface area contributed by atoms with E-state index < -0.39 is 5.91 Å². The van der Waals surface area contributed by atoms with Crippen molar-refractivity contribution in [1.82, 2.24) is 5.32 Å². The Morgan fingerprint density at radius 1 is 1.15 bits per heavy atom. The molecule has 6 nitrogen and oxygen atoms in total. The number of thioether (sulfide) groups is 1. The number of rotatable bonds is 6. The molecule has 2 amide bonds. The van der Waals surface area contributed by atoms with Crippen molar-refractivity contribution >= 4 is 50.7 Å². The smallest absolute Gasteiger partial charge is 0.279 e. The fourth-order valence-corrected chi connectivity index (χ4v) is 4.51. The van der Waals surface area contributed by atoms with Gasteiger partial charge >= 0.3 is 0 Å². The molecular weight excluding hydrogens is 523 g/mol. The highest BCUT2D eigenvalue weighted by Crippen LogP contribution is 2.38. The van der Waals surface area contributed by atoms with Gasteiger partial charge in [-0.1, -0.05) is 30.3 Å². The minimum Gasteiger partial charge on any atom is -0.493 e. The van der Waals surface area contributed by atoms with Crippen LogP contribution in [0, 0.1) is 5.82 Å². The van der Waals surface area contributed by atoms with E-state index in [0.29, 0.717) is 37.6 Å². The number of amides is 2. The molecule has 1 fully saturated rings. The van der Waals surface area contributed by atoms with E-state index >= 15 is 0 Å². The van der Waals surface area contributed by atoms with Crippen LogP contribution in [-0.4, -0.2) is 24.1 Å². The molecule has 0 saturated carbocycles. The number of carbonyl (C=O) groups is 2. The van der Waals surface area contributed by atoms with Gasteiger partial charge in [0.1, 0.15) is 12.4 Å². The van der Waals surface area contributed by atoms with E-state index in [-0.39, 0.29) is 23.5 Å². The van der Waals surface area contributed by atoms with Crippen LogP contribution in [0.1, 0.15) is 21.5 Å². The SMILES string of the molecule is COc1cc(/C=C2\SC(=NC(=O)c3ccccc3)NC2=O)cc(Br)c1OCc1cccc(F)c1. The van der Waals surface area contributed by atoms with Crippen molar-refractivity contribution in [2.24, 2.45) is 4.99 Å². The largest absolute Gasteiger partial charge is 0.493 e. The molecule has 0 spiro atoms. The summed E-state index contributed by atoms with van der Waals surface area (Å²) in [7, 11) is 1.50. The average Bonchev–Trinajstić information content (AvgIpc) is 3.16. The molecule has 3 aromatic rings. The van der Waals surface area contributed by atoms with E-state index in [1.165, 1.54) is 19.2 Å². The van der Waals surface area contributed by atoms with Crippen molar-refractivity contribution in [3.63, 3.8) is 0 Å². The zero-order valence-corrected chi connectivity index (χ0v) is 20.3. The van der Waals surface area contributed by atoms with Gasteiger partial charge in [-0.3, -0.25) is 9.59 Å². The van der Waals surface area contributed by atoms with Crippen LogP contribution < -0.4 is 14.8 Å². The molecule has 9 heteroatoms. The zero-order chi connectivity index (χ0) is 24.1. The van der Waals surface area contributed by atoms with Gasteiger partial charge in [-0.15, -0.1) is 0 Å². The summed E-state index contributed by atoms with van der Waals surface area (Å²) in [5.41, 5.74) is 1.79. The van der Waals surface area contributed by atoms with Crippen LogP contribution in [-0.2, 0) is 11.4 Å². The molecule has 0 radical (unpaired) electrons. The molecule has 0 bridgehead atoms. The summed E-state index contributed by atoms with van der Waals surface area (Å²) in [4.78, 5) is 29.1. The third-order valence-electron chi connectivity index (χ3n) is 4.70. The number of ether oxygens (including phenoxy) is 2. The summed E-state index contributed by atoms with van der Waals surface area (Å²) < 4.78 is 25.3. The molecule has 172 valence electrons. The van der Waals surface area contributed by atoms with Gasteiger partial charge in [-0.2, -0.15) is 4.99 Å². The van der Waals surface area contributed by atoms with Gasteiger partial charge in [0.05, 0.1) is 16.5 Å². The average molecular weight is 541 g/mol. The van der Waals surface area contributed by atoms with Gasteiger partial charge in [0, 0.05) is 5.56 Å². The molecule has 0 unspecified atom stereocenters. The third-order valence-corrected chi connectivity index (χ3v) is 6.20. The van der Waals surface area contributed by atoms with Gasteiger partial charge in [-0.05, 0) is 81.3 Å². The molecule has 1 aliphatic rings. The second-order valence-electron chi connectivity index (χ2n) is 7.11. The maximum Gasteiger partial charge on any atom is 0.279 e. The number of aliphatic imine (C=N–C) groups is 1. The fourth-order valence-electron chi connectivity index (χ4n) is 3.11. The first-order valence-electron chi connectivity index (χ1n) is 10.1. The van der Waals surface area contributed by atoms with Crippen LogP contribution in [0.5, 0.6) is 11.5 Å². The first-order valence-corrected chi connectivity index (χ1v) is 11.7. The lowest BCUT2D eigenvalue weighted by Gasteiger charge is -2.14. The van der Waals surface area contributed by atoms with Gasteiger partial charge in [0.25, 0.3) is 11.8 Å². The lowest BCUT2D eigenvalue weighted by atomic mass is 10.2. The normalized spacial score (nSPS) is 15.4. The van der Waals surface area contributed by atoms with Crippen molar-refractivity contribution in [1.29, 1.82) is 0 Å². The van der Waals surface area contributed by atoms with E-state index in [9.17, 15) is 14.0 Å². The van der Waals surface area contributed by atoms with Crippen LogP contribution in [0.15, 0.2) is 81.1 Å². The number of halogens is 2. The molecule has 0 aliphatic carbocycles. The lowest BCUT2D eigenvalue weighted by molar-refractivity contribution is -0.115. The predicted octanol–water partition coefficient (Wildman–Crippen LogP) is 5.58. The summed E-state index contributed by atoms with van der Waals surface area (Å²) in [6, 6.07) is 18.3. The van der Waals surface area contributed by atoms with Crippen molar-refractivity contribution < 1.29 is 23.5 Å². The van der Waals surface area contributed by atoms with Crippen molar-refractivity contribution in [3.05, 3.63) is 98.6 Å². The highest BCUT2D eigenvalue weighted by molar-refractivity contribution is 9.10. The Balaban J connectivity index is 1.52. The Labute approximate surface area is 208 Å². The Hall–Kier alpha value is -3.43. The second kappa shape index (κ2) is 10.7. The number of amidine groups is 1. The topological polar surface area (TPSA) is 77.0 Å². The van der Waals surface area contributed by atoms with Crippen LogP contribution >= 0.6 is 27.7 Å². The highest BCUT2D eigenvalue weighted by atomic mass is 79.9. The predicted molar refractivity (Wildman–Crippen MR) is 133 cm³/mol. The Morgan fingerprint density at radius 3 is 2.68 bits per heavy atom. The van der Waals surface area contributed by atoms with Crippen LogP contribution in [0.4, 0.5) is 4.39 Å². The number of hydrogen-bond acceptors (Lipinski definition) is 5. The number of hydrogen-bond donors (Lipinski definition) is 1. The summed E-state index contributed by atoms with van der Waals surface area (Å²) in [6.45, 7) is 0.153. The molecule has 0 aromatic heterocycles. The van der Waals surface area contributed by atoms with Crippen molar-refractivity contribution in [3.8, 4) is 11.5 Å². The van der Waals surface area contributed by atoms with Crippen LogP contribution in [0.2, 0.25) is 0 Å². The van der Waals surface area contributed by atoms with Crippen LogP contribution in [0.25, 0.3) is 6.08 Å². The van der Waals surface area contributed by atoms with Crippen LogP contribution in [0.3, 0.4) is 0 Å². The quantitative estimate of drug-likeness (QED) is 0.413. The number of methoxy groups -OCH3 is 1. The molecule has 34 heavy (non-hydrogen) atoms. The Kier molecular flexibility index (Phi) is 7.44. The summed E-state index contributed by atoms with van der Waals surface area (Å²) in [5, 5.41) is 2.82. The van der Waals surface area contributed by atoms with E-state index in [2.05, 4.69) is 26.2 Å². The summed E-state index contributed by atoms with van der Waals surface area (Å²) in [6.07, 6.45) is 1.67. The van der Waals surface area contributed by atoms with Gasteiger partial charge in [0.15, 0.2) is 16.7 Å². The molecular formula is C25H18BrFN2O4S.